The highest BCUT2D eigenvalue weighted by atomic mass is 35.5. The van der Waals surface area contributed by atoms with Crippen LogP contribution in [-0.2, 0) is 6.42 Å². The van der Waals surface area contributed by atoms with Gasteiger partial charge in [-0.15, -0.1) is 0 Å². The van der Waals surface area contributed by atoms with Crippen LogP contribution in [-0.4, -0.2) is 16.3 Å². The first-order valence-electron chi connectivity index (χ1n) is 6.60. The highest BCUT2D eigenvalue weighted by molar-refractivity contribution is 6.32. The molecule has 0 aliphatic carbocycles. The van der Waals surface area contributed by atoms with Crippen LogP contribution in [0, 0.1) is 12.8 Å². The van der Waals surface area contributed by atoms with Crippen molar-refractivity contribution in [2.45, 2.75) is 27.2 Å². The third kappa shape index (κ3) is 3.23. The smallest absolute Gasteiger partial charge is 0.155 e. The molecule has 2 aromatic rings. The fraction of sp³-hybridized carbons (Fsp3) is 0.312. The third-order valence-electron chi connectivity index (χ3n) is 2.97. The first-order chi connectivity index (χ1) is 9.51. The number of hydrogen-bond acceptors (Lipinski definition) is 3. The second kappa shape index (κ2) is 6.14. The SMILES string of the molecule is Cc1nc(Cl)c(C=O)c(-c2cccc(CC(C)C)c2)n1. The van der Waals surface area contributed by atoms with Crippen LogP contribution < -0.4 is 0 Å². The molecular formula is C16H17ClN2O. The zero-order valence-corrected chi connectivity index (χ0v) is 12.6. The van der Waals surface area contributed by atoms with Gasteiger partial charge in [-0.3, -0.25) is 4.79 Å². The predicted molar refractivity (Wildman–Crippen MR) is 81.1 cm³/mol. The molecule has 0 saturated heterocycles. The summed E-state index contributed by atoms with van der Waals surface area (Å²) in [6, 6.07) is 8.06. The van der Waals surface area contributed by atoms with E-state index in [0.717, 1.165) is 12.0 Å². The van der Waals surface area contributed by atoms with Gasteiger partial charge in [0.2, 0.25) is 0 Å². The number of aromatic nitrogens is 2. The molecule has 0 bridgehead atoms. The summed E-state index contributed by atoms with van der Waals surface area (Å²) in [6.07, 6.45) is 1.70. The number of benzene rings is 1. The standard InChI is InChI=1S/C16H17ClN2O/c1-10(2)7-12-5-4-6-13(8-12)15-14(9-20)16(17)19-11(3)18-15/h4-6,8-10H,7H2,1-3H3. The van der Waals surface area contributed by atoms with E-state index in [1.54, 1.807) is 6.92 Å². The number of carbonyl (C=O) groups is 1. The molecule has 1 aromatic carbocycles. The van der Waals surface area contributed by atoms with Crippen LogP contribution in [0.25, 0.3) is 11.3 Å². The summed E-state index contributed by atoms with van der Waals surface area (Å²) in [7, 11) is 0. The molecule has 0 saturated carbocycles. The number of aldehydes is 1. The Kier molecular flexibility index (Phi) is 4.50. The maximum atomic E-state index is 11.2. The molecule has 4 heteroatoms. The van der Waals surface area contributed by atoms with E-state index in [2.05, 4.69) is 35.9 Å². The van der Waals surface area contributed by atoms with Gasteiger partial charge in [0, 0.05) is 5.56 Å². The Hall–Kier alpha value is -1.74. The van der Waals surface area contributed by atoms with Crippen LogP contribution in [0.3, 0.4) is 0 Å². The monoisotopic (exact) mass is 288 g/mol. The molecule has 1 aromatic heterocycles. The first kappa shape index (κ1) is 14.7. The van der Waals surface area contributed by atoms with E-state index in [4.69, 9.17) is 11.6 Å². The molecule has 0 N–H and O–H groups in total. The highest BCUT2D eigenvalue weighted by Crippen LogP contribution is 2.26. The van der Waals surface area contributed by atoms with Crippen molar-refractivity contribution in [3.05, 3.63) is 46.4 Å². The lowest BCUT2D eigenvalue weighted by molar-refractivity contribution is 0.112. The molecule has 2 rings (SSSR count). The lowest BCUT2D eigenvalue weighted by Crippen LogP contribution is -2.00. The molecule has 0 unspecified atom stereocenters. The third-order valence-corrected chi connectivity index (χ3v) is 3.26. The maximum Gasteiger partial charge on any atom is 0.155 e. The van der Waals surface area contributed by atoms with E-state index in [9.17, 15) is 4.79 Å². The van der Waals surface area contributed by atoms with Crippen molar-refractivity contribution >= 4 is 17.9 Å². The Morgan fingerprint density at radius 1 is 1.30 bits per heavy atom. The summed E-state index contributed by atoms with van der Waals surface area (Å²) in [5.41, 5.74) is 3.07. The van der Waals surface area contributed by atoms with Crippen molar-refractivity contribution in [3.8, 4) is 11.3 Å². The van der Waals surface area contributed by atoms with E-state index in [-0.39, 0.29) is 5.15 Å². The minimum Gasteiger partial charge on any atom is -0.298 e. The van der Waals surface area contributed by atoms with Crippen LogP contribution in [0.1, 0.15) is 35.6 Å². The molecule has 0 spiro atoms. The van der Waals surface area contributed by atoms with Gasteiger partial charge in [-0.1, -0.05) is 43.6 Å². The Morgan fingerprint density at radius 3 is 2.70 bits per heavy atom. The molecule has 0 aliphatic heterocycles. The largest absolute Gasteiger partial charge is 0.298 e. The van der Waals surface area contributed by atoms with Gasteiger partial charge in [0.1, 0.15) is 11.0 Å². The van der Waals surface area contributed by atoms with Gasteiger partial charge in [0.15, 0.2) is 6.29 Å². The minimum absolute atomic E-state index is 0.205. The Bertz CT molecular complexity index is 638. The normalized spacial score (nSPS) is 10.8. The minimum atomic E-state index is 0.205. The average molecular weight is 289 g/mol. The summed E-state index contributed by atoms with van der Waals surface area (Å²) >= 11 is 6.03. The average Bonchev–Trinajstić information content (AvgIpc) is 2.37. The van der Waals surface area contributed by atoms with Gasteiger partial charge in [-0.2, -0.15) is 0 Å². The van der Waals surface area contributed by atoms with Crippen molar-refractivity contribution in [2.75, 3.05) is 0 Å². The van der Waals surface area contributed by atoms with Gasteiger partial charge < -0.3 is 0 Å². The van der Waals surface area contributed by atoms with E-state index >= 15 is 0 Å². The number of hydrogen-bond donors (Lipinski definition) is 0. The van der Waals surface area contributed by atoms with Crippen LogP contribution in [0.4, 0.5) is 0 Å². The lowest BCUT2D eigenvalue weighted by atomic mass is 9.99. The van der Waals surface area contributed by atoms with E-state index in [0.29, 0.717) is 29.3 Å². The zero-order chi connectivity index (χ0) is 14.7. The van der Waals surface area contributed by atoms with Crippen LogP contribution in [0.5, 0.6) is 0 Å². The molecule has 20 heavy (non-hydrogen) atoms. The molecule has 3 nitrogen and oxygen atoms in total. The van der Waals surface area contributed by atoms with Crippen LogP contribution >= 0.6 is 11.6 Å². The highest BCUT2D eigenvalue weighted by Gasteiger charge is 2.13. The van der Waals surface area contributed by atoms with Gasteiger partial charge in [0.05, 0.1) is 11.3 Å². The molecular weight excluding hydrogens is 272 g/mol. The van der Waals surface area contributed by atoms with Crippen LogP contribution in [0.15, 0.2) is 24.3 Å². The molecule has 0 fully saturated rings. The Morgan fingerprint density at radius 2 is 2.05 bits per heavy atom. The molecule has 0 aliphatic rings. The number of rotatable bonds is 4. The molecule has 0 radical (unpaired) electrons. The summed E-state index contributed by atoms with van der Waals surface area (Å²) in [4.78, 5) is 19.6. The van der Waals surface area contributed by atoms with Crippen molar-refractivity contribution in [2.24, 2.45) is 5.92 Å². The fourth-order valence-corrected chi connectivity index (χ4v) is 2.44. The van der Waals surface area contributed by atoms with Crippen molar-refractivity contribution in [1.29, 1.82) is 0 Å². The molecule has 1 heterocycles. The zero-order valence-electron chi connectivity index (χ0n) is 11.9. The molecule has 0 atom stereocenters. The van der Waals surface area contributed by atoms with E-state index in [1.165, 1.54) is 5.56 Å². The van der Waals surface area contributed by atoms with Crippen molar-refractivity contribution in [3.63, 3.8) is 0 Å². The Labute approximate surface area is 124 Å². The topological polar surface area (TPSA) is 42.9 Å². The lowest BCUT2D eigenvalue weighted by Gasteiger charge is -2.10. The van der Waals surface area contributed by atoms with E-state index in [1.807, 2.05) is 12.1 Å². The fourth-order valence-electron chi connectivity index (χ4n) is 2.19. The molecule has 0 amide bonds. The second-order valence-corrected chi connectivity index (χ2v) is 5.60. The predicted octanol–water partition coefficient (Wildman–Crippen LogP) is 4.12. The number of nitrogens with zero attached hydrogens (tertiary/aromatic N) is 2. The maximum absolute atomic E-state index is 11.2. The Balaban J connectivity index is 2.53. The van der Waals surface area contributed by atoms with Crippen molar-refractivity contribution in [1.82, 2.24) is 9.97 Å². The van der Waals surface area contributed by atoms with Gasteiger partial charge >= 0.3 is 0 Å². The summed E-state index contributed by atoms with van der Waals surface area (Å²) < 4.78 is 0. The first-order valence-corrected chi connectivity index (χ1v) is 6.97. The molecule has 104 valence electrons. The second-order valence-electron chi connectivity index (χ2n) is 5.24. The van der Waals surface area contributed by atoms with Crippen LogP contribution in [0.2, 0.25) is 5.15 Å². The van der Waals surface area contributed by atoms with Crippen molar-refractivity contribution < 1.29 is 4.79 Å². The number of halogens is 1. The quantitative estimate of drug-likeness (QED) is 0.628. The van der Waals surface area contributed by atoms with Gasteiger partial charge in [-0.05, 0) is 30.9 Å². The summed E-state index contributed by atoms with van der Waals surface area (Å²) in [5, 5.41) is 0.205. The van der Waals surface area contributed by atoms with Gasteiger partial charge in [-0.25, -0.2) is 9.97 Å². The summed E-state index contributed by atoms with van der Waals surface area (Å²) in [6.45, 7) is 6.12. The van der Waals surface area contributed by atoms with Gasteiger partial charge in [0.25, 0.3) is 0 Å². The number of aryl methyl sites for hydroxylation is 1. The summed E-state index contributed by atoms with van der Waals surface area (Å²) in [5.74, 6) is 1.14. The number of carbonyl (C=O) groups excluding carboxylic acids is 1. The van der Waals surface area contributed by atoms with E-state index < -0.39 is 0 Å².